The molecular weight excluding hydrogens is 253 g/mol. The Kier molecular flexibility index (Phi) is 5.92. The van der Waals surface area contributed by atoms with E-state index in [2.05, 4.69) is 29.0 Å². The van der Waals surface area contributed by atoms with E-state index in [4.69, 9.17) is 0 Å². The predicted octanol–water partition coefficient (Wildman–Crippen LogP) is 3.14. The van der Waals surface area contributed by atoms with Crippen LogP contribution in [0.4, 0.5) is 4.39 Å². The average molecular weight is 279 g/mol. The molecule has 1 aromatic heterocycles. The molecule has 1 aromatic rings. The van der Waals surface area contributed by atoms with Gasteiger partial charge in [-0.1, -0.05) is 13.8 Å². The molecule has 0 saturated carbocycles. The summed E-state index contributed by atoms with van der Waals surface area (Å²) < 4.78 is 13.1. The van der Waals surface area contributed by atoms with Crippen molar-refractivity contribution in [3.63, 3.8) is 0 Å². The van der Waals surface area contributed by atoms with E-state index in [0.717, 1.165) is 38.2 Å². The third kappa shape index (κ3) is 3.76. The molecule has 2 unspecified atom stereocenters. The molecule has 1 N–H and O–H groups in total. The molecule has 0 spiro atoms. The Balaban J connectivity index is 2.17. The van der Waals surface area contributed by atoms with Crippen LogP contribution in [0.3, 0.4) is 0 Å². The van der Waals surface area contributed by atoms with Crippen LogP contribution in [0.2, 0.25) is 0 Å². The Hall–Kier alpha value is -1.00. The first-order valence-corrected chi connectivity index (χ1v) is 7.84. The monoisotopic (exact) mass is 279 g/mol. The van der Waals surface area contributed by atoms with Crippen molar-refractivity contribution in [3.8, 4) is 0 Å². The molecular formula is C16H26FN3. The maximum absolute atomic E-state index is 13.1. The summed E-state index contributed by atoms with van der Waals surface area (Å²) in [5, 5.41) is 3.49. The summed E-state index contributed by atoms with van der Waals surface area (Å²) in [5.74, 6) is -0.259. The molecule has 0 amide bonds. The van der Waals surface area contributed by atoms with E-state index < -0.39 is 0 Å². The number of piperidine rings is 1. The van der Waals surface area contributed by atoms with Gasteiger partial charge in [-0.3, -0.25) is 9.88 Å². The lowest BCUT2D eigenvalue weighted by Gasteiger charge is -2.39. The summed E-state index contributed by atoms with van der Waals surface area (Å²) >= 11 is 0. The number of nitrogens with one attached hydrogen (secondary N) is 1. The number of aromatic nitrogens is 1. The molecule has 4 heteroatoms. The van der Waals surface area contributed by atoms with Crippen molar-refractivity contribution in [3.05, 3.63) is 29.8 Å². The largest absolute Gasteiger partial charge is 0.315 e. The molecule has 0 bridgehead atoms. The highest BCUT2D eigenvalue weighted by atomic mass is 19.1. The number of nitrogens with zero attached hydrogens (tertiary/aromatic N) is 2. The Bertz CT molecular complexity index is 387. The Labute approximate surface area is 121 Å². The lowest BCUT2D eigenvalue weighted by Crippen LogP contribution is -2.47. The lowest BCUT2D eigenvalue weighted by molar-refractivity contribution is 0.106. The summed E-state index contributed by atoms with van der Waals surface area (Å²) in [7, 11) is 0. The molecule has 1 aliphatic heterocycles. The molecule has 2 rings (SSSR count). The van der Waals surface area contributed by atoms with Gasteiger partial charge in [-0.15, -0.1) is 0 Å². The van der Waals surface area contributed by atoms with Gasteiger partial charge in [0.05, 0.1) is 17.9 Å². The highest BCUT2D eigenvalue weighted by molar-refractivity contribution is 5.10. The fourth-order valence-corrected chi connectivity index (χ4v) is 3.17. The summed E-state index contributed by atoms with van der Waals surface area (Å²) in [6, 6.07) is 4.22. The van der Waals surface area contributed by atoms with Crippen molar-refractivity contribution in [2.45, 2.75) is 51.6 Å². The van der Waals surface area contributed by atoms with E-state index in [1.807, 2.05) is 6.07 Å². The van der Waals surface area contributed by atoms with Crippen LogP contribution in [0.15, 0.2) is 18.3 Å². The Morgan fingerprint density at radius 3 is 2.85 bits per heavy atom. The van der Waals surface area contributed by atoms with Crippen molar-refractivity contribution in [1.29, 1.82) is 0 Å². The van der Waals surface area contributed by atoms with Gasteiger partial charge in [0.1, 0.15) is 5.82 Å². The molecule has 1 aliphatic rings. The van der Waals surface area contributed by atoms with Crippen molar-refractivity contribution < 1.29 is 4.39 Å². The van der Waals surface area contributed by atoms with E-state index in [9.17, 15) is 4.39 Å². The fourth-order valence-electron chi connectivity index (χ4n) is 3.17. The summed E-state index contributed by atoms with van der Waals surface area (Å²) in [5.41, 5.74) is 0.993. The highest BCUT2D eigenvalue weighted by Gasteiger charge is 2.27. The second-order valence-corrected chi connectivity index (χ2v) is 5.56. The molecule has 2 heterocycles. The van der Waals surface area contributed by atoms with Gasteiger partial charge >= 0.3 is 0 Å². The molecule has 2 atom stereocenters. The first-order valence-electron chi connectivity index (χ1n) is 7.84. The van der Waals surface area contributed by atoms with E-state index in [0.29, 0.717) is 12.1 Å². The number of halogens is 1. The summed E-state index contributed by atoms with van der Waals surface area (Å²) in [4.78, 5) is 6.87. The first kappa shape index (κ1) is 15.4. The van der Waals surface area contributed by atoms with Gasteiger partial charge in [0.25, 0.3) is 0 Å². The maximum Gasteiger partial charge on any atom is 0.141 e. The molecule has 20 heavy (non-hydrogen) atoms. The fraction of sp³-hybridized carbons (Fsp3) is 0.688. The van der Waals surface area contributed by atoms with Crippen LogP contribution in [0.25, 0.3) is 0 Å². The third-order valence-electron chi connectivity index (χ3n) is 4.10. The van der Waals surface area contributed by atoms with Gasteiger partial charge in [0, 0.05) is 12.6 Å². The van der Waals surface area contributed by atoms with Crippen LogP contribution in [-0.4, -0.2) is 35.6 Å². The van der Waals surface area contributed by atoms with E-state index in [1.54, 1.807) is 0 Å². The quantitative estimate of drug-likeness (QED) is 0.867. The number of pyridine rings is 1. The van der Waals surface area contributed by atoms with Crippen LogP contribution in [-0.2, 0) is 0 Å². The molecule has 0 radical (unpaired) electrons. The zero-order valence-corrected chi connectivity index (χ0v) is 12.6. The molecule has 1 fully saturated rings. The SMILES string of the molecule is CCCN(C1CCCNC1)C(CC)c1ccc(F)cn1. The van der Waals surface area contributed by atoms with Gasteiger partial charge in [-0.2, -0.15) is 0 Å². The smallest absolute Gasteiger partial charge is 0.141 e. The van der Waals surface area contributed by atoms with E-state index >= 15 is 0 Å². The van der Waals surface area contributed by atoms with Crippen LogP contribution < -0.4 is 5.32 Å². The minimum Gasteiger partial charge on any atom is -0.315 e. The Morgan fingerprint density at radius 1 is 1.45 bits per heavy atom. The highest BCUT2D eigenvalue weighted by Crippen LogP contribution is 2.27. The number of hydrogen-bond acceptors (Lipinski definition) is 3. The molecule has 112 valence electrons. The van der Waals surface area contributed by atoms with Crippen molar-refractivity contribution in [2.24, 2.45) is 0 Å². The minimum atomic E-state index is -0.259. The van der Waals surface area contributed by atoms with Gasteiger partial charge in [0.15, 0.2) is 0 Å². The van der Waals surface area contributed by atoms with E-state index in [1.165, 1.54) is 25.1 Å². The lowest BCUT2D eigenvalue weighted by atomic mass is 10.00. The summed E-state index contributed by atoms with van der Waals surface area (Å²) in [6.45, 7) is 7.66. The maximum atomic E-state index is 13.1. The number of rotatable bonds is 6. The Morgan fingerprint density at radius 2 is 2.30 bits per heavy atom. The van der Waals surface area contributed by atoms with Gasteiger partial charge < -0.3 is 5.32 Å². The molecule has 0 aromatic carbocycles. The van der Waals surface area contributed by atoms with Gasteiger partial charge in [-0.25, -0.2) is 4.39 Å². The van der Waals surface area contributed by atoms with Gasteiger partial charge in [-0.05, 0) is 50.9 Å². The topological polar surface area (TPSA) is 28.2 Å². The van der Waals surface area contributed by atoms with Crippen LogP contribution in [0.5, 0.6) is 0 Å². The predicted molar refractivity (Wildman–Crippen MR) is 80.1 cm³/mol. The van der Waals surface area contributed by atoms with Crippen molar-refractivity contribution in [1.82, 2.24) is 15.2 Å². The zero-order chi connectivity index (χ0) is 14.4. The minimum absolute atomic E-state index is 0.259. The van der Waals surface area contributed by atoms with Crippen molar-refractivity contribution in [2.75, 3.05) is 19.6 Å². The van der Waals surface area contributed by atoms with Crippen LogP contribution >= 0.6 is 0 Å². The molecule has 3 nitrogen and oxygen atoms in total. The van der Waals surface area contributed by atoms with E-state index in [-0.39, 0.29) is 5.82 Å². The normalized spacial score (nSPS) is 21.1. The van der Waals surface area contributed by atoms with Crippen molar-refractivity contribution >= 4 is 0 Å². The van der Waals surface area contributed by atoms with Crippen LogP contribution in [0.1, 0.15) is 51.3 Å². The molecule has 1 saturated heterocycles. The molecule has 0 aliphatic carbocycles. The zero-order valence-electron chi connectivity index (χ0n) is 12.6. The third-order valence-corrected chi connectivity index (χ3v) is 4.10. The standard InChI is InChI=1S/C16H26FN3/c1-3-10-20(14-6-5-9-18-12-14)16(4-2)15-8-7-13(17)11-19-15/h7-8,11,14,16,18H,3-6,9-10,12H2,1-2H3. The average Bonchev–Trinajstić information content (AvgIpc) is 2.50. The second-order valence-electron chi connectivity index (χ2n) is 5.56. The van der Waals surface area contributed by atoms with Crippen LogP contribution in [0, 0.1) is 5.82 Å². The van der Waals surface area contributed by atoms with Gasteiger partial charge in [0.2, 0.25) is 0 Å². The summed E-state index contributed by atoms with van der Waals surface area (Å²) in [6.07, 6.45) is 5.95. The second kappa shape index (κ2) is 7.70. The first-order chi connectivity index (χ1) is 9.76. The number of hydrogen-bond donors (Lipinski definition) is 1.